The van der Waals surface area contributed by atoms with E-state index in [0.717, 1.165) is 18.1 Å². The Kier molecular flexibility index (Phi) is 10.1. The summed E-state index contributed by atoms with van der Waals surface area (Å²) in [6, 6.07) is 9.65. The number of hydrogen-bond acceptors (Lipinski definition) is 4. The Balaban J connectivity index is 0.00000400. The third-order valence-electron chi connectivity index (χ3n) is 2.56. The molecule has 2 N–H and O–H groups in total. The van der Waals surface area contributed by atoms with Crippen LogP contribution in [0, 0.1) is 0 Å². The molecule has 0 bridgehead atoms. The number of hydrogen-bond donors (Lipinski definition) is 2. The summed E-state index contributed by atoms with van der Waals surface area (Å²) in [6.07, 6.45) is 2.47. The van der Waals surface area contributed by atoms with E-state index in [9.17, 15) is 19.5 Å². The van der Waals surface area contributed by atoms with E-state index in [1.54, 1.807) is 0 Å². The molecule has 8 heteroatoms. The molecule has 110 valence electrons. The Hall–Kier alpha value is -0.460. The molecule has 0 saturated carbocycles. The SMILES string of the molecule is O=C(CCCc1ccccc1)N(O)C/C=C/P(=O)([O-])O.[Na+]. The maximum atomic E-state index is 11.5. The molecule has 1 atom stereocenters. The predicted molar refractivity (Wildman–Crippen MR) is 71.8 cm³/mol. The molecule has 0 aliphatic carbocycles. The van der Waals surface area contributed by atoms with E-state index in [2.05, 4.69) is 0 Å². The third kappa shape index (κ3) is 9.98. The predicted octanol–water partition coefficient (Wildman–Crippen LogP) is -1.71. The number of rotatable bonds is 7. The van der Waals surface area contributed by atoms with Crippen LogP contribution in [0.5, 0.6) is 0 Å². The molecule has 0 saturated heterocycles. The molecule has 0 spiro atoms. The zero-order chi connectivity index (χ0) is 15.0. The van der Waals surface area contributed by atoms with Crippen LogP contribution in [-0.4, -0.2) is 27.6 Å². The summed E-state index contributed by atoms with van der Waals surface area (Å²) in [6.45, 7) is -0.281. The average molecular weight is 321 g/mol. The maximum absolute atomic E-state index is 11.5. The summed E-state index contributed by atoms with van der Waals surface area (Å²) >= 11 is 0. The Labute approximate surface area is 145 Å². The van der Waals surface area contributed by atoms with Gasteiger partial charge in [-0.3, -0.25) is 10.0 Å². The van der Waals surface area contributed by atoms with Gasteiger partial charge in [-0.15, -0.1) is 0 Å². The molecule has 1 rings (SSSR count). The molecule has 0 aliphatic rings. The minimum atomic E-state index is -4.49. The van der Waals surface area contributed by atoms with Gasteiger partial charge in [0.2, 0.25) is 5.91 Å². The van der Waals surface area contributed by atoms with Crippen molar-refractivity contribution in [2.75, 3.05) is 6.54 Å². The molecule has 0 radical (unpaired) electrons. The van der Waals surface area contributed by atoms with E-state index < -0.39 is 13.5 Å². The van der Waals surface area contributed by atoms with E-state index in [-0.39, 0.29) is 42.5 Å². The largest absolute Gasteiger partial charge is 1.00 e. The monoisotopic (exact) mass is 321 g/mol. The Bertz CT molecular complexity index is 503. The number of hydroxylamine groups is 2. The van der Waals surface area contributed by atoms with Crippen LogP contribution < -0.4 is 34.5 Å². The summed E-state index contributed by atoms with van der Waals surface area (Å²) in [4.78, 5) is 30.4. The number of benzene rings is 1. The molecule has 21 heavy (non-hydrogen) atoms. The molecule has 1 aromatic carbocycles. The summed E-state index contributed by atoms with van der Waals surface area (Å²) in [7, 11) is -4.49. The van der Waals surface area contributed by atoms with Gasteiger partial charge in [0.1, 0.15) is 0 Å². The van der Waals surface area contributed by atoms with Crippen LogP contribution in [0.15, 0.2) is 42.2 Å². The molecule has 0 fully saturated rings. The molecule has 0 heterocycles. The molecular formula is C13H17NNaO5P. The van der Waals surface area contributed by atoms with Crippen LogP contribution in [0.1, 0.15) is 18.4 Å². The van der Waals surface area contributed by atoms with Gasteiger partial charge in [-0.05, 0) is 24.2 Å². The van der Waals surface area contributed by atoms with Gasteiger partial charge in [0.15, 0.2) is 7.60 Å². The standard InChI is InChI=1S/C13H18NO5P.Na/c15-13(14(16)10-5-11-20(17,18)19)9-4-8-12-6-2-1-3-7-12;/h1-3,5-7,11,16H,4,8-10H2,(H2,17,18,19);/q;+1/p-1/b11-5+;. The first-order valence-corrected chi connectivity index (χ1v) is 7.77. The van der Waals surface area contributed by atoms with Crippen LogP contribution >= 0.6 is 7.60 Å². The zero-order valence-corrected chi connectivity index (χ0v) is 14.8. The molecule has 0 aliphatic heterocycles. The minimum Gasteiger partial charge on any atom is -0.776 e. The van der Waals surface area contributed by atoms with Crippen molar-refractivity contribution in [1.29, 1.82) is 0 Å². The van der Waals surface area contributed by atoms with Gasteiger partial charge >= 0.3 is 29.6 Å². The second-order valence-electron chi connectivity index (χ2n) is 4.26. The van der Waals surface area contributed by atoms with Crippen LogP contribution in [0.2, 0.25) is 0 Å². The first-order valence-electron chi connectivity index (χ1n) is 6.13. The summed E-state index contributed by atoms with van der Waals surface area (Å²) in [5.41, 5.74) is 1.11. The van der Waals surface area contributed by atoms with E-state index in [0.29, 0.717) is 17.3 Å². The molecule has 1 amide bonds. The fourth-order valence-corrected chi connectivity index (χ4v) is 1.96. The van der Waals surface area contributed by atoms with Crippen LogP contribution in [0.25, 0.3) is 0 Å². The van der Waals surface area contributed by atoms with Gasteiger partial charge in [-0.25, -0.2) is 5.06 Å². The topological polar surface area (TPSA) is 101 Å². The van der Waals surface area contributed by atoms with Crippen molar-refractivity contribution >= 4 is 13.5 Å². The molecular weight excluding hydrogens is 304 g/mol. The smallest absolute Gasteiger partial charge is 0.776 e. The Morgan fingerprint density at radius 1 is 1.33 bits per heavy atom. The zero-order valence-electron chi connectivity index (χ0n) is 11.9. The van der Waals surface area contributed by atoms with Gasteiger partial charge in [-0.2, -0.15) is 0 Å². The number of nitrogens with zero attached hydrogens (tertiary/aromatic N) is 1. The minimum absolute atomic E-state index is 0. The number of carbonyl (C=O) groups is 1. The number of amides is 1. The van der Waals surface area contributed by atoms with Gasteiger partial charge in [-0.1, -0.05) is 36.4 Å². The van der Waals surface area contributed by atoms with Gasteiger partial charge in [0, 0.05) is 6.42 Å². The van der Waals surface area contributed by atoms with Crippen LogP contribution in [-0.2, 0) is 15.8 Å². The second kappa shape index (κ2) is 10.3. The van der Waals surface area contributed by atoms with Crippen LogP contribution in [0.3, 0.4) is 0 Å². The first kappa shape index (κ1) is 20.5. The van der Waals surface area contributed by atoms with Crippen molar-refractivity contribution in [1.82, 2.24) is 5.06 Å². The molecule has 6 nitrogen and oxygen atoms in total. The van der Waals surface area contributed by atoms with E-state index in [1.165, 1.54) is 0 Å². The first-order chi connectivity index (χ1) is 9.38. The Morgan fingerprint density at radius 2 is 1.95 bits per heavy atom. The average Bonchev–Trinajstić information content (AvgIpc) is 2.38. The maximum Gasteiger partial charge on any atom is 1.00 e. The molecule has 0 aromatic heterocycles. The van der Waals surface area contributed by atoms with Gasteiger partial charge in [0.05, 0.1) is 6.54 Å². The second-order valence-corrected chi connectivity index (χ2v) is 5.69. The quantitative estimate of drug-likeness (QED) is 0.270. The van der Waals surface area contributed by atoms with E-state index >= 15 is 0 Å². The fraction of sp³-hybridized carbons (Fsp3) is 0.308. The van der Waals surface area contributed by atoms with Crippen molar-refractivity contribution in [3.05, 3.63) is 47.8 Å². The van der Waals surface area contributed by atoms with Gasteiger partial charge in [0.25, 0.3) is 0 Å². The van der Waals surface area contributed by atoms with E-state index in [1.807, 2.05) is 30.3 Å². The normalized spacial score (nSPS) is 13.5. The van der Waals surface area contributed by atoms with Crippen LogP contribution in [0.4, 0.5) is 0 Å². The number of aryl methyl sites for hydroxylation is 1. The summed E-state index contributed by atoms with van der Waals surface area (Å²) in [5, 5.41) is 9.80. The molecule has 1 aromatic rings. The summed E-state index contributed by atoms with van der Waals surface area (Å²) in [5.74, 6) is 0.0530. The molecule has 1 unspecified atom stereocenters. The third-order valence-corrected chi connectivity index (χ3v) is 3.15. The van der Waals surface area contributed by atoms with Gasteiger partial charge < -0.3 is 14.4 Å². The number of carbonyl (C=O) groups excluding carboxylic acids is 1. The fourth-order valence-electron chi connectivity index (χ4n) is 1.60. The van der Waals surface area contributed by atoms with Crippen molar-refractivity contribution < 1.29 is 53.9 Å². The summed E-state index contributed by atoms with van der Waals surface area (Å²) < 4.78 is 10.4. The van der Waals surface area contributed by atoms with Crippen molar-refractivity contribution in [3.8, 4) is 0 Å². The van der Waals surface area contributed by atoms with Crippen molar-refractivity contribution in [2.45, 2.75) is 19.3 Å². The Morgan fingerprint density at radius 3 is 2.52 bits per heavy atom. The van der Waals surface area contributed by atoms with Crippen molar-refractivity contribution in [3.63, 3.8) is 0 Å². The van der Waals surface area contributed by atoms with E-state index in [4.69, 9.17) is 4.89 Å². The van der Waals surface area contributed by atoms with Crippen molar-refractivity contribution in [2.24, 2.45) is 0 Å².